The van der Waals surface area contributed by atoms with Crippen molar-refractivity contribution in [3.63, 3.8) is 0 Å². The summed E-state index contributed by atoms with van der Waals surface area (Å²) >= 11 is 0. The van der Waals surface area contributed by atoms with Crippen molar-refractivity contribution < 1.29 is 4.74 Å². The van der Waals surface area contributed by atoms with E-state index in [0.717, 1.165) is 65.2 Å². The lowest BCUT2D eigenvalue weighted by Crippen LogP contribution is -2.44. The Morgan fingerprint density at radius 2 is 1.85 bits per heavy atom. The second-order valence-electron chi connectivity index (χ2n) is 8.49. The van der Waals surface area contributed by atoms with Crippen molar-refractivity contribution in [2.75, 3.05) is 50.6 Å². The van der Waals surface area contributed by atoms with Gasteiger partial charge in [-0.1, -0.05) is 5.21 Å². The average molecular weight is 469 g/mol. The van der Waals surface area contributed by atoms with Gasteiger partial charge in [0.05, 0.1) is 12.8 Å². The Morgan fingerprint density at radius 3 is 2.58 bits per heavy atom. The highest BCUT2D eigenvalue weighted by Gasteiger charge is 2.17. The Bertz CT molecular complexity index is 1270. The summed E-state index contributed by atoms with van der Waals surface area (Å²) < 4.78 is 7.59. The van der Waals surface area contributed by atoms with Crippen molar-refractivity contribution in [1.82, 2.24) is 29.9 Å². The number of likely N-dealkylation sites (N-methyl/N-ethyl adjacent to an activating group) is 1. The average Bonchev–Trinajstić information content (AvgIpc) is 3.25. The summed E-state index contributed by atoms with van der Waals surface area (Å²) in [6.07, 6.45) is 1.83. The number of anilines is 3. The van der Waals surface area contributed by atoms with E-state index in [0.29, 0.717) is 5.95 Å². The van der Waals surface area contributed by atoms with Crippen LogP contribution in [0.1, 0.15) is 19.9 Å². The molecule has 3 heterocycles. The molecule has 2 aromatic heterocycles. The van der Waals surface area contributed by atoms with Crippen molar-refractivity contribution in [3.8, 4) is 5.75 Å². The van der Waals surface area contributed by atoms with Gasteiger partial charge < -0.3 is 19.9 Å². The van der Waals surface area contributed by atoms with Gasteiger partial charge in [0, 0.05) is 55.6 Å². The van der Waals surface area contributed by atoms with Gasteiger partial charge in [-0.2, -0.15) is 0 Å². The molecule has 1 aliphatic rings. The Balaban J connectivity index is 0.00000259. The topological polar surface area (TPSA) is 84.2 Å². The fourth-order valence-corrected chi connectivity index (χ4v) is 4.11. The number of aromatic nitrogens is 5. The van der Waals surface area contributed by atoms with Crippen LogP contribution in [0.25, 0.3) is 21.9 Å². The Hall–Kier alpha value is -3.17. The second kappa shape index (κ2) is 9.36. The van der Waals surface area contributed by atoms with Crippen LogP contribution in [0.3, 0.4) is 0 Å². The summed E-state index contributed by atoms with van der Waals surface area (Å²) in [7, 11) is 3.85. The largest absolute Gasteiger partial charge is 0.494 e. The van der Waals surface area contributed by atoms with E-state index in [4.69, 9.17) is 9.72 Å². The molecule has 10 heteroatoms. The summed E-state index contributed by atoms with van der Waals surface area (Å²) in [5, 5.41) is 12.9. The van der Waals surface area contributed by atoms with Gasteiger partial charge >= 0.3 is 0 Å². The van der Waals surface area contributed by atoms with Crippen molar-refractivity contribution in [1.29, 1.82) is 0 Å². The highest BCUT2D eigenvalue weighted by atomic mass is 35.5. The van der Waals surface area contributed by atoms with Crippen LogP contribution in [0.4, 0.5) is 17.3 Å². The summed E-state index contributed by atoms with van der Waals surface area (Å²) in [6, 6.07) is 10.3. The van der Waals surface area contributed by atoms with Crippen molar-refractivity contribution in [2.45, 2.75) is 19.9 Å². The summed E-state index contributed by atoms with van der Waals surface area (Å²) in [5.41, 5.74) is 4.55. The lowest BCUT2D eigenvalue weighted by molar-refractivity contribution is 0.312. The molecule has 174 valence electrons. The van der Waals surface area contributed by atoms with E-state index in [2.05, 4.69) is 63.4 Å². The van der Waals surface area contributed by atoms with Gasteiger partial charge in [0.1, 0.15) is 22.3 Å². The molecule has 0 bridgehead atoms. The molecular formula is C23H29ClN8O. The van der Waals surface area contributed by atoms with E-state index in [9.17, 15) is 0 Å². The van der Waals surface area contributed by atoms with Crippen LogP contribution in [0, 0.1) is 0 Å². The van der Waals surface area contributed by atoms with Crippen molar-refractivity contribution >= 4 is 51.7 Å². The van der Waals surface area contributed by atoms with E-state index >= 15 is 0 Å². The highest BCUT2D eigenvalue weighted by molar-refractivity contribution is 6.01. The van der Waals surface area contributed by atoms with Crippen LogP contribution in [0.5, 0.6) is 5.75 Å². The third kappa shape index (κ3) is 4.38. The number of hydrogen-bond donors (Lipinski definition) is 1. The van der Waals surface area contributed by atoms with Crippen LogP contribution in [0.2, 0.25) is 0 Å². The minimum Gasteiger partial charge on any atom is -0.494 e. The van der Waals surface area contributed by atoms with E-state index in [1.807, 2.05) is 29.1 Å². The third-order valence-electron chi connectivity index (χ3n) is 5.97. The molecule has 0 unspecified atom stereocenters. The zero-order chi connectivity index (χ0) is 22.2. The van der Waals surface area contributed by atoms with E-state index in [1.165, 1.54) is 0 Å². The van der Waals surface area contributed by atoms with Crippen LogP contribution in [0.15, 0.2) is 36.5 Å². The SMILES string of the molecule is COc1cc(N2CCN(C)CC2)ccc1Nc1ncc2ccc3nnn(C(C)C)c3c2n1.Cl. The molecule has 0 aliphatic carbocycles. The highest BCUT2D eigenvalue weighted by Crippen LogP contribution is 2.32. The first kappa shape index (κ1) is 23.0. The number of ether oxygens (including phenoxy) is 1. The number of rotatable bonds is 5. The molecule has 5 rings (SSSR count). The maximum Gasteiger partial charge on any atom is 0.227 e. The smallest absolute Gasteiger partial charge is 0.227 e. The molecular weight excluding hydrogens is 440 g/mol. The normalized spacial score (nSPS) is 14.6. The minimum absolute atomic E-state index is 0. The molecule has 0 saturated carbocycles. The number of fused-ring (bicyclic) bond motifs is 3. The van der Waals surface area contributed by atoms with Crippen molar-refractivity contribution in [2.24, 2.45) is 0 Å². The van der Waals surface area contributed by atoms with Crippen LogP contribution >= 0.6 is 12.4 Å². The van der Waals surface area contributed by atoms with Crippen molar-refractivity contribution in [3.05, 3.63) is 36.5 Å². The van der Waals surface area contributed by atoms with Crippen LogP contribution in [-0.4, -0.2) is 70.2 Å². The number of nitrogens with zero attached hydrogens (tertiary/aromatic N) is 7. The predicted octanol–water partition coefficient (Wildman–Crippen LogP) is 3.88. The molecule has 1 aliphatic heterocycles. The molecule has 33 heavy (non-hydrogen) atoms. The number of nitrogens with one attached hydrogen (secondary N) is 1. The molecule has 1 saturated heterocycles. The van der Waals surface area contributed by atoms with E-state index in [1.54, 1.807) is 7.11 Å². The van der Waals surface area contributed by atoms with E-state index in [-0.39, 0.29) is 18.4 Å². The zero-order valence-corrected chi connectivity index (χ0v) is 20.1. The second-order valence-corrected chi connectivity index (χ2v) is 8.49. The molecule has 0 radical (unpaired) electrons. The molecule has 0 amide bonds. The maximum absolute atomic E-state index is 5.69. The maximum atomic E-state index is 5.69. The lowest BCUT2D eigenvalue weighted by Gasteiger charge is -2.34. The quantitative estimate of drug-likeness (QED) is 0.472. The standard InChI is InChI=1S/C23H28N8O.ClH/c1-15(2)31-22-19(27-28-31)7-5-16-14-24-23(26-21(16)22)25-18-8-6-17(13-20(18)32-4)30-11-9-29(3)10-12-30;/h5-8,13-15H,9-12H2,1-4H3,(H,24,25,26);1H. The fourth-order valence-electron chi connectivity index (χ4n) is 4.11. The lowest BCUT2D eigenvalue weighted by atomic mass is 10.2. The molecule has 9 nitrogen and oxygen atoms in total. The summed E-state index contributed by atoms with van der Waals surface area (Å²) in [5.74, 6) is 1.27. The molecule has 0 spiro atoms. The number of halogens is 1. The number of piperazine rings is 1. The summed E-state index contributed by atoms with van der Waals surface area (Å²) in [4.78, 5) is 14.1. The monoisotopic (exact) mass is 468 g/mol. The fraction of sp³-hybridized carbons (Fsp3) is 0.391. The Morgan fingerprint density at radius 1 is 1.06 bits per heavy atom. The number of methoxy groups -OCH3 is 1. The first-order valence-corrected chi connectivity index (χ1v) is 10.9. The molecule has 1 N–H and O–H groups in total. The minimum atomic E-state index is 0. The van der Waals surface area contributed by atoms with Gasteiger partial charge in [0.2, 0.25) is 5.95 Å². The van der Waals surface area contributed by atoms with Gasteiger partial charge in [-0.15, -0.1) is 17.5 Å². The third-order valence-corrected chi connectivity index (χ3v) is 5.97. The van der Waals surface area contributed by atoms with Gasteiger partial charge in [-0.3, -0.25) is 0 Å². The van der Waals surface area contributed by atoms with Gasteiger partial charge in [-0.25, -0.2) is 14.6 Å². The van der Waals surface area contributed by atoms with Crippen LogP contribution in [-0.2, 0) is 0 Å². The summed E-state index contributed by atoms with van der Waals surface area (Å²) in [6.45, 7) is 8.30. The van der Waals surface area contributed by atoms with E-state index < -0.39 is 0 Å². The van der Waals surface area contributed by atoms with Gasteiger partial charge in [0.25, 0.3) is 0 Å². The molecule has 1 fully saturated rings. The number of benzene rings is 2. The molecule has 0 atom stereocenters. The molecule has 2 aromatic carbocycles. The molecule has 4 aromatic rings. The first-order valence-electron chi connectivity index (χ1n) is 10.9. The predicted molar refractivity (Wildman–Crippen MR) is 134 cm³/mol. The zero-order valence-electron chi connectivity index (χ0n) is 19.3. The van der Waals surface area contributed by atoms with Crippen LogP contribution < -0.4 is 15.0 Å². The first-order chi connectivity index (χ1) is 15.5. The Kier molecular flexibility index (Phi) is 6.53. The van der Waals surface area contributed by atoms with Gasteiger partial charge in [-0.05, 0) is 45.2 Å². The number of hydrogen-bond acceptors (Lipinski definition) is 8. The Labute approximate surface area is 199 Å². The van der Waals surface area contributed by atoms with Gasteiger partial charge in [0.15, 0.2) is 0 Å².